The SMILES string of the molecule is CCCC1(CCC)NC(=O)N(CC(=O)Nc2ccc(N3CCOCC3)cc2)C1=O. The van der Waals surface area contributed by atoms with Gasteiger partial charge in [0.25, 0.3) is 5.91 Å². The van der Waals surface area contributed by atoms with Gasteiger partial charge in [0, 0.05) is 24.5 Å². The van der Waals surface area contributed by atoms with Gasteiger partial charge in [-0.1, -0.05) is 26.7 Å². The number of anilines is 2. The molecule has 2 fully saturated rings. The molecular formula is C21H30N4O4. The van der Waals surface area contributed by atoms with Crippen molar-refractivity contribution in [2.45, 2.75) is 45.1 Å². The molecule has 1 aromatic rings. The van der Waals surface area contributed by atoms with Crippen molar-refractivity contribution in [3.63, 3.8) is 0 Å². The van der Waals surface area contributed by atoms with E-state index in [0.717, 1.165) is 36.5 Å². The second-order valence-electron chi connectivity index (χ2n) is 7.60. The van der Waals surface area contributed by atoms with Gasteiger partial charge in [-0.15, -0.1) is 0 Å². The predicted octanol–water partition coefficient (Wildman–Crippen LogP) is 2.35. The molecule has 0 saturated carbocycles. The molecule has 4 amide bonds. The van der Waals surface area contributed by atoms with Crippen LogP contribution in [0.1, 0.15) is 39.5 Å². The maximum absolute atomic E-state index is 12.9. The highest BCUT2D eigenvalue weighted by atomic mass is 16.5. The number of carbonyl (C=O) groups is 3. The van der Waals surface area contributed by atoms with Crippen LogP contribution in [0, 0.1) is 0 Å². The number of hydrogen-bond acceptors (Lipinski definition) is 5. The largest absolute Gasteiger partial charge is 0.378 e. The third kappa shape index (κ3) is 4.70. The summed E-state index contributed by atoms with van der Waals surface area (Å²) in [5.41, 5.74) is 0.831. The predicted molar refractivity (Wildman–Crippen MR) is 111 cm³/mol. The lowest BCUT2D eigenvalue weighted by Gasteiger charge is -2.28. The summed E-state index contributed by atoms with van der Waals surface area (Å²) in [5, 5.41) is 5.60. The van der Waals surface area contributed by atoms with E-state index in [0.29, 0.717) is 31.7 Å². The first-order chi connectivity index (χ1) is 14.0. The molecule has 8 heteroatoms. The topological polar surface area (TPSA) is 91.0 Å². The molecule has 3 rings (SSSR count). The van der Waals surface area contributed by atoms with Crippen molar-refractivity contribution in [2.75, 3.05) is 43.1 Å². The lowest BCUT2D eigenvalue weighted by Crippen LogP contribution is -2.47. The fourth-order valence-corrected chi connectivity index (χ4v) is 4.06. The summed E-state index contributed by atoms with van der Waals surface area (Å²) in [7, 11) is 0. The number of benzene rings is 1. The molecule has 0 aliphatic carbocycles. The molecule has 0 radical (unpaired) electrons. The fraction of sp³-hybridized carbons (Fsp3) is 0.571. The van der Waals surface area contributed by atoms with Crippen LogP contribution in [0.25, 0.3) is 0 Å². The lowest BCUT2D eigenvalue weighted by molar-refractivity contribution is -0.134. The van der Waals surface area contributed by atoms with Crippen LogP contribution in [0.3, 0.4) is 0 Å². The summed E-state index contributed by atoms with van der Waals surface area (Å²) in [5.74, 6) is -0.694. The maximum atomic E-state index is 12.9. The molecule has 0 atom stereocenters. The molecule has 2 N–H and O–H groups in total. The van der Waals surface area contributed by atoms with Crippen molar-refractivity contribution in [3.05, 3.63) is 24.3 Å². The number of carbonyl (C=O) groups excluding carboxylic acids is 3. The molecule has 8 nitrogen and oxygen atoms in total. The number of urea groups is 1. The summed E-state index contributed by atoms with van der Waals surface area (Å²) in [6.07, 6.45) is 2.71. The van der Waals surface area contributed by atoms with Crippen LogP contribution in [-0.2, 0) is 14.3 Å². The fourth-order valence-electron chi connectivity index (χ4n) is 4.06. The van der Waals surface area contributed by atoms with Crippen LogP contribution >= 0.6 is 0 Å². The second kappa shape index (κ2) is 9.26. The van der Waals surface area contributed by atoms with Crippen LogP contribution in [0.5, 0.6) is 0 Å². The van der Waals surface area contributed by atoms with Gasteiger partial charge in [0.2, 0.25) is 5.91 Å². The maximum Gasteiger partial charge on any atom is 0.325 e. The monoisotopic (exact) mass is 402 g/mol. The van der Waals surface area contributed by atoms with Crippen molar-refractivity contribution >= 4 is 29.2 Å². The molecule has 29 heavy (non-hydrogen) atoms. The normalized spacial score (nSPS) is 18.7. The molecule has 2 saturated heterocycles. The highest BCUT2D eigenvalue weighted by Crippen LogP contribution is 2.28. The Labute approximate surface area is 171 Å². The summed E-state index contributed by atoms with van der Waals surface area (Å²) in [6, 6.07) is 7.06. The first-order valence-electron chi connectivity index (χ1n) is 10.4. The standard InChI is InChI=1S/C21H30N4O4/c1-3-9-21(10-4-2)19(27)25(20(28)23-21)15-18(26)22-16-5-7-17(8-6-16)24-11-13-29-14-12-24/h5-8H,3-4,9-15H2,1-2H3,(H,22,26)(H,23,28). The molecule has 2 aliphatic heterocycles. The van der Waals surface area contributed by atoms with E-state index >= 15 is 0 Å². The number of amides is 4. The number of morpholine rings is 1. The first-order valence-corrected chi connectivity index (χ1v) is 10.4. The van der Waals surface area contributed by atoms with Gasteiger partial charge in [-0.2, -0.15) is 0 Å². The average Bonchev–Trinajstić information content (AvgIpc) is 2.94. The van der Waals surface area contributed by atoms with E-state index in [1.165, 1.54) is 0 Å². The highest BCUT2D eigenvalue weighted by Gasteiger charge is 2.50. The highest BCUT2D eigenvalue weighted by molar-refractivity contribution is 6.10. The smallest absolute Gasteiger partial charge is 0.325 e. The van der Waals surface area contributed by atoms with Crippen LogP contribution in [-0.4, -0.2) is 61.1 Å². The zero-order chi connectivity index (χ0) is 20.9. The van der Waals surface area contributed by atoms with Crippen LogP contribution in [0.2, 0.25) is 0 Å². The van der Waals surface area contributed by atoms with Crippen molar-refractivity contribution in [3.8, 4) is 0 Å². The van der Waals surface area contributed by atoms with Gasteiger partial charge in [0.15, 0.2) is 0 Å². The Balaban J connectivity index is 1.60. The third-order valence-corrected chi connectivity index (χ3v) is 5.43. The number of imide groups is 1. The van der Waals surface area contributed by atoms with E-state index in [2.05, 4.69) is 15.5 Å². The molecule has 1 aromatic carbocycles. The molecule has 158 valence electrons. The van der Waals surface area contributed by atoms with Gasteiger partial charge in [-0.25, -0.2) is 4.79 Å². The molecule has 2 aliphatic rings. The minimum atomic E-state index is -0.874. The van der Waals surface area contributed by atoms with Crippen molar-refractivity contribution < 1.29 is 19.1 Å². The van der Waals surface area contributed by atoms with Crippen LogP contribution in [0.15, 0.2) is 24.3 Å². The Morgan fingerprint density at radius 1 is 1.10 bits per heavy atom. The van der Waals surface area contributed by atoms with Gasteiger partial charge < -0.3 is 20.3 Å². The Kier molecular flexibility index (Phi) is 6.74. The van der Waals surface area contributed by atoms with E-state index in [-0.39, 0.29) is 12.5 Å². The molecule has 0 bridgehead atoms. The summed E-state index contributed by atoms with van der Waals surface area (Å²) in [4.78, 5) is 40.9. The number of rotatable bonds is 8. The van der Waals surface area contributed by atoms with Crippen LogP contribution < -0.4 is 15.5 Å². The number of nitrogens with zero attached hydrogens (tertiary/aromatic N) is 2. The van der Waals surface area contributed by atoms with E-state index in [9.17, 15) is 14.4 Å². The second-order valence-corrected chi connectivity index (χ2v) is 7.60. The Morgan fingerprint density at radius 2 is 1.72 bits per heavy atom. The molecular weight excluding hydrogens is 372 g/mol. The van der Waals surface area contributed by atoms with E-state index in [4.69, 9.17) is 4.74 Å². The van der Waals surface area contributed by atoms with Gasteiger partial charge in [-0.05, 0) is 37.1 Å². The molecule has 0 aromatic heterocycles. The summed E-state index contributed by atoms with van der Waals surface area (Å²) >= 11 is 0. The minimum absolute atomic E-state index is 0.287. The number of nitrogens with one attached hydrogen (secondary N) is 2. The van der Waals surface area contributed by atoms with Crippen molar-refractivity contribution in [1.82, 2.24) is 10.2 Å². The average molecular weight is 402 g/mol. The Bertz CT molecular complexity index is 738. The first kappa shape index (κ1) is 21.1. The quantitative estimate of drug-likeness (QED) is 0.652. The van der Waals surface area contributed by atoms with E-state index in [1.54, 1.807) is 0 Å². The van der Waals surface area contributed by atoms with Gasteiger partial charge in [0.1, 0.15) is 12.1 Å². The minimum Gasteiger partial charge on any atom is -0.378 e. The Morgan fingerprint density at radius 3 is 2.31 bits per heavy atom. The van der Waals surface area contributed by atoms with E-state index < -0.39 is 17.5 Å². The van der Waals surface area contributed by atoms with Crippen molar-refractivity contribution in [2.24, 2.45) is 0 Å². The zero-order valence-electron chi connectivity index (χ0n) is 17.2. The van der Waals surface area contributed by atoms with E-state index in [1.807, 2.05) is 38.1 Å². The van der Waals surface area contributed by atoms with Crippen LogP contribution in [0.4, 0.5) is 16.2 Å². The summed E-state index contributed by atoms with van der Waals surface area (Å²) in [6.45, 7) is 6.78. The number of ether oxygens (including phenoxy) is 1. The molecule has 2 heterocycles. The zero-order valence-corrected chi connectivity index (χ0v) is 17.2. The number of hydrogen-bond donors (Lipinski definition) is 2. The Hall–Kier alpha value is -2.61. The molecule has 0 spiro atoms. The van der Waals surface area contributed by atoms with Gasteiger partial charge in [-0.3, -0.25) is 14.5 Å². The molecule has 0 unspecified atom stereocenters. The summed E-state index contributed by atoms with van der Waals surface area (Å²) < 4.78 is 5.36. The third-order valence-electron chi connectivity index (χ3n) is 5.43. The van der Waals surface area contributed by atoms with Gasteiger partial charge in [0.05, 0.1) is 13.2 Å². The van der Waals surface area contributed by atoms with Crippen molar-refractivity contribution in [1.29, 1.82) is 0 Å². The lowest BCUT2D eigenvalue weighted by atomic mass is 9.88. The van der Waals surface area contributed by atoms with Gasteiger partial charge >= 0.3 is 6.03 Å².